The first-order chi connectivity index (χ1) is 9.33. The van der Waals surface area contributed by atoms with Crippen LogP contribution in [0, 0.1) is 0 Å². The minimum Gasteiger partial charge on any atom is -0.310 e. The summed E-state index contributed by atoms with van der Waals surface area (Å²) in [6.45, 7) is 1.02. The Morgan fingerprint density at radius 2 is 2.05 bits per heavy atom. The monoisotopic (exact) mass is 316 g/mol. The van der Waals surface area contributed by atoms with Gasteiger partial charge < -0.3 is 5.32 Å². The van der Waals surface area contributed by atoms with E-state index in [0.29, 0.717) is 6.04 Å². The molecule has 1 aliphatic rings. The molecule has 0 fully saturated rings. The summed E-state index contributed by atoms with van der Waals surface area (Å²) in [4.78, 5) is 4.04. The van der Waals surface area contributed by atoms with Crippen LogP contribution in [0.1, 0.15) is 29.2 Å². The molecule has 1 atom stereocenters. The van der Waals surface area contributed by atoms with Crippen LogP contribution in [0.2, 0.25) is 0 Å². The Morgan fingerprint density at radius 1 is 1.21 bits per heavy atom. The van der Waals surface area contributed by atoms with Gasteiger partial charge in [0.1, 0.15) is 0 Å². The fraction of sp³-hybridized carbons (Fsp3) is 0.312. The lowest BCUT2D eigenvalue weighted by Gasteiger charge is -2.14. The number of rotatable bonds is 4. The van der Waals surface area contributed by atoms with Gasteiger partial charge in [-0.25, -0.2) is 0 Å². The summed E-state index contributed by atoms with van der Waals surface area (Å²) in [7, 11) is 0. The van der Waals surface area contributed by atoms with E-state index in [9.17, 15) is 0 Å². The molecule has 0 saturated carbocycles. The smallest absolute Gasteiger partial charge is 0.0326 e. The summed E-state index contributed by atoms with van der Waals surface area (Å²) in [5.41, 5.74) is 4.30. The molecule has 0 spiro atoms. The summed E-state index contributed by atoms with van der Waals surface area (Å²) in [5, 5.41) is 3.67. The maximum atomic E-state index is 4.04. The molecule has 3 heteroatoms. The number of benzene rings is 1. The van der Waals surface area contributed by atoms with Crippen molar-refractivity contribution in [2.24, 2.45) is 0 Å². The molecule has 19 heavy (non-hydrogen) atoms. The van der Waals surface area contributed by atoms with Gasteiger partial charge in [0.2, 0.25) is 0 Å². The molecule has 1 N–H and O–H groups in total. The zero-order valence-electron chi connectivity index (χ0n) is 10.8. The van der Waals surface area contributed by atoms with Crippen LogP contribution >= 0.6 is 15.9 Å². The van der Waals surface area contributed by atoms with Gasteiger partial charge in [-0.2, -0.15) is 0 Å². The summed E-state index contributed by atoms with van der Waals surface area (Å²) in [5.74, 6) is 0. The van der Waals surface area contributed by atoms with Crippen molar-refractivity contribution in [1.29, 1.82) is 0 Å². The topological polar surface area (TPSA) is 24.9 Å². The summed E-state index contributed by atoms with van der Waals surface area (Å²) in [6, 6.07) is 11.3. The van der Waals surface area contributed by atoms with E-state index in [1.165, 1.54) is 34.0 Å². The largest absolute Gasteiger partial charge is 0.310 e. The maximum absolute atomic E-state index is 4.04. The molecular weight excluding hydrogens is 300 g/mol. The zero-order chi connectivity index (χ0) is 13.1. The third kappa shape index (κ3) is 3.04. The van der Waals surface area contributed by atoms with E-state index in [1.54, 1.807) is 0 Å². The van der Waals surface area contributed by atoms with Crippen molar-refractivity contribution in [2.45, 2.75) is 25.3 Å². The lowest BCUT2D eigenvalue weighted by atomic mass is 10.1. The van der Waals surface area contributed by atoms with Crippen LogP contribution < -0.4 is 5.32 Å². The molecule has 0 amide bonds. The van der Waals surface area contributed by atoms with E-state index >= 15 is 0 Å². The lowest BCUT2D eigenvalue weighted by Crippen LogP contribution is -2.21. The van der Waals surface area contributed by atoms with Crippen molar-refractivity contribution >= 4 is 15.9 Å². The molecule has 0 aliphatic heterocycles. The molecule has 1 heterocycles. The van der Waals surface area contributed by atoms with E-state index in [4.69, 9.17) is 0 Å². The van der Waals surface area contributed by atoms with Gasteiger partial charge in [0.25, 0.3) is 0 Å². The van der Waals surface area contributed by atoms with Crippen molar-refractivity contribution in [3.8, 4) is 0 Å². The molecular formula is C16H17BrN2. The molecule has 0 saturated heterocycles. The minimum absolute atomic E-state index is 0.518. The molecule has 3 rings (SSSR count). The molecule has 98 valence electrons. The fourth-order valence-corrected chi connectivity index (χ4v) is 3.15. The average Bonchev–Trinajstić information content (AvgIpc) is 2.82. The van der Waals surface area contributed by atoms with Crippen molar-refractivity contribution in [3.63, 3.8) is 0 Å². The highest BCUT2D eigenvalue weighted by Gasteiger charge is 2.21. The molecule has 0 bridgehead atoms. The second-order valence-electron chi connectivity index (χ2n) is 4.99. The third-order valence-electron chi connectivity index (χ3n) is 3.74. The van der Waals surface area contributed by atoms with Crippen molar-refractivity contribution in [2.75, 3.05) is 6.54 Å². The van der Waals surface area contributed by atoms with Crippen LogP contribution in [0.15, 0.2) is 47.2 Å². The number of halogens is 1. The second-order valence-corrected chi connectivity index (χ2v) is 5.91. The number of pyridine rings is 1. The number of hydrogen-bond donors (Lipinski definition) is 1. The number of fused-ring (bicyclic) bond motifs is 1. The Bertz CT molecular complexity index is 554. The average molecular weight is 317 g/mol. The van der Waals surface area contributed by atoms with Crippen LogP contribution in [0.5, 0.6) is 0 Å². The first kappa shape index (κ1) is 12.8. The summed E-state index contributed by atoms with van der Waals surface area (Å²) >= 11 is 3.54. The van der Waals surface area contributed by atoms with Crippen molar-refractivity contribution in [1.82, 2.24) is 10.3 Å². The second kappa shape index (κ2) is 5.85. The number of nitrogens with zero attached hydrogens (tertiary/aromatic N) is 1. The third-order valence-corrected chi connectivity index (χ3v) is 4.23. The normalized spacial score (nSPS) is 17.4. The predicted octanol–water partition coefficient (Wildman–Crippen LogP) is 3.66. The Kier molecular flexibility index (Phi) is 3.95. The van der Waals surface area contributed by atoms with Gasteiger partial charge >= 0.3 is 0 Å². The highest BCUT2D eigenvalue weighted by atomic mass is 79.9. The Hall–Kier alpha value is -1.19. The highest BCUT2D eigenvalue weighted by molar-refractivity contribution is 9.10. The standard InChI is InChI=1S/C16H17BrN2/c17-14-2-3-15-13(11-14)1-4-16(15)19-10-7-12-5-8-18-9-6-12/h2-3,5-6,8-9,11,16,19H,1,4,7,10H2. The summed E-state index contributed by atoms with van der Waals surface area (Å²) in [6.07, 6.45) is 7.17. The van der Waals surface area contributed by atoms with E-state index < -0.39 is 0 Å². The Balaban J connectivity index is 1.58. The quantitative estimate of drug-likeness (QED) is 0.931. The van der Waals surface area contributed by atoms with E-state index in [0.717, 1.165) is 13.0 Å². The number of hydrogen-bond acceptors (Lipinski definition) is 2. The first-order valence-corrected chi connectivity index (χ1v) is 7.53. The molecule has 1 aliphatic carbocycles. The van der Waals surface area contributed by atoms with Crippen molar-refractivity contribution in [3.05, 3.63) is 63.9 Å². The zero-order valence-corrected chi connectivity index (χ0v) is 12.4. The summed E-state index contributed by atoms with van der Waals surface area (Å²) < 4.78 is 1.18. The Morgan fingerprint density at radius 3 is 2.89 bits per heavy atom. The molecule has 1 aromatic heterocycles. The van der Waals surface area contributed by atoms with Crippen LogP contribution in [0.25, 0.3) is 0 Å². The van der Waals surface area contributed by atoms with Crippen molar-refractivity contribution < 1.29 is 0 Å². The van der Waals surface area contributed by atoms with Crippen LogP contribution in [-0.2, 0) is 12.8 Å². The van der Waals surface area contributed by atoms with Gasteiger partial charge in [0, 0.05) is 22.9 Å². The van der Waals surface area contributed by atoms with E-state index in [-0.39, 0.29) is 0 Å². The number of aryl methyl sites for hydroxylation is 1. The van der Waals surface area contributed by atoms with Gasteiger partial charge in [-0.1, -0.05) is 22.0 Å². The van der Waals surface area contributed by atoms with Crippen LogP contribution in [-0.4, -0.2) is 11.5 Å². The maximum Gasteiger partial charge on any atom is 0.0326 e. The highest BCUT2D eigenvalue weighted by Crippen LogP contribution is 2.32. The van der Waals surface area contributed by atoms with E-state index in [2.05, 4.69) is 56.6 Å². The van der Waals surface area contributed by atoms with E-state index in [1.807, 2.05) is 12.4 Å². The van der Waals surface area contributed by atoms with Gasteiger partial charge in [0.15, 0.2) is 0 Å². The fourth-order valence-electron chi connectivity index (χ4n) is 2.74. The first-order valence-electron chi connectivity index (χ1n) is 6.73. The number of nitrogens with one attached hydrogen (secondary N) is 1. The predicted molar refractivity (Wildman–Crippen MR) is 81.1 cm³/mol. The van der Waals surface area contributed by atoms with Gasteiger partial charge in [0.05, 0.1) is 0 Å². The van der Waals surface area contributed by atoms with Gasteiger partial charge in [-0.05, 0) is 66.8 Å². The minimum atomic E-state index is 0.518. The molecule has 1 unspecified atom stereocenters. The molecule has 2 nitrogen and oxygen atoms in total. The lowest BCUT2D eigenvalue weighted by molar-refractivity contribution is 0.533. The Labute approximate surface area is 122 Å². The molecule has 2 aromatic rings. The SMILES string of the molecule is Brc1ccc2c(c1)CCC2NCCc1ccncc1. The molecule has 0 radical (unpaired) electrons. The van der Waals surface area contributed by atoms with Crippen LogP contribution in [0.4, 0.5) is 0 Å². The number of aromatic nitrogens is 1. The molecule has 1 aromatic carbocycles. The van der Waals surface area contributed by atoms with Gasteiger partial charge in [-0.3, -0.25) is 4.98 Å². The van der Waals surface area contributed by atoms with Gasteiger partial charge in [-0.15, -0.1) is 0 Å². The van der Waals surface area contributed by atoms with Crippen LogP contribution in [0.3, 0.4) is 0 Å².